The van der Waals surface area contributed by atoms with Crippen LogP contribution in [0, 0.1) is 0 Å². The molecule has 0 saturated carbocycles. The molecule has 2 atom stereocenters. The lowest BCUT2D eigenvalue weighted by Gasteiger charge is -2.48. The summed E-state index contributed by atoms with van der Waals surface area (Å²) in [7, 11) is 1.70. The first-order valence-corrected chi connectivity index (χ1v) is 14.1. The number of anilines is 1. The molecule has 8 nitrogen and oxygen atoms in total. The number of aromatic amines is 1. The van der Waals surface area contributed by atoms with E-state index in [0.717, 1.165) is 74.8 Å². The lowest BCUT2D eigenvalue weighted by atomic mass is 9.95. The summed E-state index contributed by atoms with van der Waals surface area (Å²) in [5, 5.41) is 4.18. The van der Waals surface area contributed by atoms with Crippen LogP contribution in [0.25, 0.3) is 11.4 Å². The summed E-state index contributed by atoms with van der Waals surface area (Å²) >= 11 is 12.8. The SMILES string of the molecule is CC[C@H]1CN(c2ncc(-c3ncc[nH]3)cc2Cl)CCN1C1CCN([C@@H](C(=O)NC)c2ccc(Cl)cc2)CC1. The molecule has 202 valence electrons. The predicted molar refractivity (Wildman–Crippen MR) is 153 cm³/mol. The summed E-state index contributed by atoms with van der Waals surface area (Å²) in [5.41, 5.74) is 1.87. The van der Waals surface area contributed by atoms with Crippen LogP contribution in [0.1, 0.15) is 37.8 Å². The molecule has 2 aliphatic heterocycles. The largest absolute Gasteiger partial charge is 0.358 e. The van der Waals surface area contributed by atoms with Crippen LogP contribution < -0.4 is 10.2 Å². The quantitative estimate of drug-likeness (QED) is 0.442. The smallest absolute Gasteiger partial charge is 0.241 e. The standard InChI is InChI=1S/C28H35Cl2N7O/c1-3-22-18-36(27-24(30)16-20(17-34-27)26-32-10-11-33-26)14-15-37(22)23-8-12-35(13-9-23)25(28(38)31-2)19-4-6-21(29)7-5-19/h4-7,10-11,16-17,22-23,25H,3,8-9,12-15,18H2,1-2H3,(H,31,38)(H,32,33)/t22-,25+/m0/s1. The number of aromatic nitrogens is 3. The van der Waals surface area contributed by atoms with E-state index in [1.54, 1.807) is 19.4 Å². The van der Waals surface area contributed by atoms with Crippen molar-refractivity contribution in [2.75, 3.05) is 44.7 Å². The predicted octanol–water partition coefficient (Wildman–Crippen LogP) is 4.63. The molecule has 1 aromatic carbocycles. The number of hydrogen-bond donors (Lipinski definition) is 2. The number of piperazine rings is 1. The first kappa shape index (κ1) is 26.9. The number of H-pyrrole nitrogens is 1. The van der Waals surface area contributed by atoms with E-state index in [9.17, 15) is 4.79 Å². The molecule has 5 rings (SSSR count). The van der Waals surface area contributed by atoms with E-state index < -0.39 is 0 Å². The van der Waals surface area contributed by atoms with Crippen LogP contribution in [0.15, 0.2) is 48.9 Å². The van der Waals surface area contributed by atoms with Crippen molar-refractivity contribution in [2.45, 2.75) is 44.3 Å². The van der Waals surface area contributed by atoms with Crippen LogP contribution >= 0.6 is 23.2 Å². The molecule has 2 aromatic heterocycles. The van der Waals surface area contributed by atoms with Gasteiger partial charge in [0.15, 0.2) is 0 Å². The van der Waals surface area contributed by atoms with Gasteiger partial charge < -0.3 is 15.2 Å². The Morgan fingerprint density at radius 2 is 1.89 bits per heavy atom. The van der Waals surface area contributed by atoms with Gasteiger partial charge in [0.05, 0.1) is 5.02 Å². The fourth-order valence-electron chi connectivity index (χ4n) is 5.91. The number of likely N-dealkylation sites (N-methyl/N-ethyl adjacent to an activating group) is 1. The van der Waals surface area contributed by atoms with Gasteiger partial charge >= 0.3 is 0 Å². The number of imidazole rings is 1. The van der Waals surface area contributed by atoms with Gasteiger partial charge in [-0.15, -0.1) is 0 Å². The molecule has 2 aliphatic rings. The Labute approximate surface area is 234 Å². The normalized spacial score (nSPS) is 20.4. The third-order valence-electron chi connectivity index (χ3n) is 7.91. The molecule has 10 heteroatoms. The molecule has 0 radical (unpaired) electrons. The zero-order chi connectivity index (χ0) is 26.6. The highest BCUT2D eigenvalue weighted by molar-refractivity contribution is 6.33. The van der Waals surface area contributed by atoms with E-state index in [1.807, 2.05) is 36.5 Å². The number of carbonyl (C=O) groups is 1. The summed E-state index contributed by atoms with van der Waals surface area (Å²) in [6, 6.07) is 10.2. The van der Waals surface area contributed by atoms with E-state index in [0.29, 0.717) is 22.1 Å². The van der Waals surface area contributed by atoms with Gasteiger partial charge in [-0.25, -0.2) is 9.97 Å². The fraction of sp³-hybridized carbons (Fsp3) is 0.464. The van der Waals surface area contributed by atoms with Crippen molar-refractivity contribution >= 4 is 34.9 Å². The highest BCUT2D eigenvalue weighted by atomic mass is 35.5. The Morgan fingerprint density at radius 3 is 2.53 bits per heavy atom. The Morgan fingerprint density at radius 1 is 1.13 bits per heavy atom. The topological polar surface area (TPSA) is 80.4 Å². The van der Waals surface area contributed by atoms with Crippen LogP contribution in [-0.4, -0.2) is 82.5 Å². The van der Waals surface area contributed by atoms with Crippen molar-refractivity contribution in [3.63, 3.8) is 0 Å². The Hall–Kier alpha value is -2.65. The average Bonchev–Trinajstić information content (AvgIpc) is 3.49. The van der Waals surface area contributed by atoms with E-state index in [2.05, 4.69) is 36.9 Å². The van der Waals surface area contributed by atoms with Crippen molar-refractivity contribution < 1.29 is 4.79 Å². The molecule has 2 fully saturated rings. The van der Waals surface area contributed by atoms with Gasteiger partial charge in [0, 0.05) is 81.0 Å². The maximum Gasteiger partial charge on any atom is 0.241 e. The van der Waals surface area contributed by atoms with Gasteiger partial charge in [-0.05, 0) is 43.0 Å². The minimum atomic E-state index is -0.297. The zero-order valence-corrected chi connectivity index (χ0v) is 23.4. The van der Waals surface area contributed by atoms with E-state index in [1.165, 1.54) is 0 Å². The van der Waals surface area contributed by atoms with Gasteiger partial charge in [-0.1, -0.05) is 42.3 Å². The number of benzene rings is 1. The average molecular weight is 557 g/mol. The van der Waals surface area contributed by atoms with Crippen molar-refractivity contribution in [1.29, 1.82) is 0 Å². The first-order chi connectivity index (χ1) is 18.5. The number of hydrogen-bond acceptors (Lipinski definition) is 6. The second-order valence-electron chi connectivity index (χ2n) is 10.0. The van der Waals surface area contributed by atoms with Gasteiger partial charge in [0.25, 0.3) is 0 Å². The molecule has 1 amide bonds. The molecule has 3 aromatic rings. The molecule has 0 spiro atoms. The van der Waals surface area contributed by atoms with Crippen LogP contribution in [-0.2, 0) is 4.79 Å². The third kappa shape index (κ3) is 5.69. The van der Waals surface area contributed by atoms with Gasteiger partial charge in [0.2, 0.25) is 5.91 Å². The summed E-state index contributed by atoms with van der Waals surface area (Å²) in [5.74, 6) is 1.63. The van der Waals surface area contributed by atoms with Gasteiger partial charge in [-0.2, -0.15) is 0 Å². The molecular weight excluding hydrogens is 521 g/mol. The summed E-state index contributed by atoms with van der Waals surface area (Å²) in [6.45, 7) is 6.77. The van der Waals surface area contributed by atoms with Crippen LogP contribution in [0.4, 0.5) is 5.82 Å². The second kappa shape index (κ2) is 12.0. The molecule has 4 heterocycles. The number of piperidine rings is 1. The number of nitrogens with one attached hydrogen (secondary N) is 2. The minimum Gasteiger partial charge on any atom is -0.358 e. The van der Waals surface area contributed by atoms with Crippen LogP contribution in [0.3, 0.4) is 0 Å². The molecular formula is C28H35Cl2N7O. The zero-order valence-electron chi connectivity index (χ0n) is 21.9. The summed E-state index contributed by atoms with van der Waals surface area (Å²) < 4.78 is 0. The van der Waals surface area contributed by atoms with E-state index in [-0.39, 0.29) is 11.9 Å². The Balaban J connectivity index is 1.23. The monoisotopic (exact) mass is 555 g/mol. The maximum absolute atomic E-state index is 12.8. The lowest BCUT2D eigenvalue weighted by Crippen LogP contribution is -2.59. The maximum atomic E-state index is 12.8. The lowest BCUT2D eigenvalue weighted by molar-refractivity contribution is -0.127. The van der Waals surface area contributed by atoms with Crippen LogP contribution in [0.5, 0.6) is 0 Å². The highest BCUT2D eigenvalue weighted by Gasteiger charge is 2.36. The van der Waals surface area contributed by atoms with Crippen molar-refractivity contribution in [2.24, 2.45) is 0 Å². The molecule has 2 N–H and O–H groups in total. The molecule has 0 aliphatic carbocycles. The Kier molecular flexibility index (Phi) is 8.53. The second-order valence-corrected chi connectivity index (χ2v) is 10.9. The van der Waals surface area contributed by atoms with Gasteiger partial charge in [0.1, 0.15) is 17.7 Å². The Bertz CT molecular complexity index is 1210. The van der Waals surface area contributed by atoms with Gasteiger partial charge in [-0.3, -0.25) is 14.6 Å². The van der Waals surface area contributed by atoms with Crippen LogP contribution in [0.2, 0.25) is 10.0 Å². The first-order valence-electron chi connectivity index (χ1n) is 13.4. The third-order valence-corrected chi connectivity index (χ3v) is 8.44. The minimum absolute atomic E-state index is 0.0215. The molecule has 0 unspecified atom stereocenters. The number of rotatable bonds is 7. The van der Waals surface area contributed by atoms with Crippen molar-refractivity contribution in [3.05, 3.63) is 64.5 Å². The molecule has 0 bridgehead atoms. The molecule has 2 saturated heterocycles. The van der Waals surface area contributed by atoms with Crippen molar-refractivity contribution in [3.8, 4) is 11.4 Å². The summed E-state index contributed by atoms with van der Waals surface area (Å²) in [6.07, 6.45) is 8.49. The summed E-state index contributed by atoms with van der Waals surface area (Å²) in [4.78, 5) is 32.3. The number of nitrogens with zero attached hydrogens (tertiary/aromatic N) is 5. The van der Waals surface area contributed by atoms with Crippen molar-refractivity contribution in [1.82, 2.24) is 30.1 Å². The number of likely N-dealkylation sites (tertiary alicyclic amines) is 1. The van der Waals surface area contributed by atoms with E-state index >= 15 is 0 Å². The fourth-order valence-corrected chi connectivity index (χ4v) is 6.32. The number of amides is 1. The highest BCUT2D eigenvalue weighted by Crippen LogP contribution is 2.33. The number of halogens is 2. The molecule has 38 heavy (non-hydrogen) atoms. The van der Waals surface area contributed by atoms with E-state index in [4.69, 9.17) is 28.2 Å². The number of carbonyl (C=O) groups excluding carboxylic acids is 1. The number of pyridine rings is 1.